The Morgan fingerprint density at radius 3 is 1.75 bits per heavy atom. The maximum absolute atomic E-state index is 13.0. The number of carbonyl (C=O) groups is 1. The first-order chi connectivity index (χ1) is 9.86. The zero-order valence-corrected chi connectivity index (χ0v) is 12.8. The summed E-state index contributed by atoms with van der Waals surface area (Å²) in [6, 6.07) is 1.21. The Labute approximate surface area is 123 Å². The monoisotopic (exact) mass is 278 g/mol. The number of nitrogens with zero attached hydrogens (tertiary/aromatic N) is 1. The molecule has 0 radical (unpaired) electrons. The molecule has 1 saturated heterocycles. The highest BCUT2D eigenvalue weighted by molar-refractivity contribution is 5.82. The van der Waals surface area contributed by atoms with Gasteiger partial charge in [0.1, 0.15) is 0 Å². The van der Waals surface area contributed by atoms with Gasteiger partial charge in [0, 0.05) is 12.1 Å². The van der Waals surface area contributed by atoms with E-state index in [9.17, 15) is 4.79 Å². The van der Waals surface area contributed by atoms with Crippen molar-refractivity contribution in [1.82, 2.24) is 10.2 Å². The summed E-state index contributed by atoms with van der Waals surface area (Å²) in [6.45, 7) is 1.03. The van der Waals surface area contributed by atoms with Gasteiger partial charge < -0.3 is 10.2 Å². The van der Waals surface area contributed by atoms with Crippen LogP contribution in [0.1, 0.15) is 77.0 Å². The minimum atomic E-state index is 0.124. The van der Waals surface area contributed by atoms with E-state index in [0.717, 1.165) is 13.0 Å². The van der Waals surface area contributed by atoms with Gasteiger partial charge in [0.05, 0.1) is 6.04 Å². The second kappa shape index (κ2) is 6.93. The van der Waals surface area contributed by atoms with E-state index in [4.69, 9.17) is 0 Å². The zero-order valence-electron chi connectivity index (χ0n) is 12.8. The number of amides is 1. The minimum absolute atomic E-state index is 0.124. The van der Waals surface area contributed by atoms with Crippen molar-refractivity contribution in [2.45, 2.75) is 95.2 Å². The highest BCUT2D eigenvalue weighted by Gasteiger charge is 2.36. The Hall–Kier alpha value is -0.570. The van der Waals surface area contributed by atoms with Crippen molar-refractivity contribution in [3.63, 3.8) is 0 Å². The standard InChI is InChI=1S/C17H30N2O/c20-17(16-12-7-13-18-16)19(14-8-3-1-4-9-14)15-10-5-2-6-11-15/h14-16,18H,1-13H2. The summed E-state index contributed by atoms with van der Waals surface area (Å²) >= 11 is 0. The second-order valence-electron chi connectivity index (χ2n) is 6.98. The van der Waals surface area contributed by atoms with Gasteiger partial charge in [-0.3, -0.25) is 4.79 Å². The third-order valence-electron chi connectivity index (χ3n) is 5.55. The minimum Gasteiger partial charge on any atom is -0.335 e. The lowest BCUT2D eigenvalue weighted by Gasteiger charge is -2.43. The fourth-order valence-corrected chi connectivity index (χ4v) is 4.45. The predicted octanol–water partition coefficient (Wildman–Crippen LogP) is 3.23. The summed E-state index contributed by atoms with van der Waals surface area (Å²) in [7, 11) is 0. The van der Waals surface area contributed by atoms with Gasteiger partial charge in [-0.25, -0.2) is 0 Å². The molecule has 3 rings (SSSR count). The van der Waals surface area contributed by atoms with Crippen molar-refractivity contribution >= 4 is 5.91 Å². The number of hydrogen-bond donors (Lipinski definition) is 1. The van der Waals surface area contributed by atoms with Crippen LogP contribution in [-0.4, -0.2) is 35.5 Å². The third kappa shape index (κ3) is 3.19. The molecule has 3 heteroatoms. The molecule has 1 unspecified atom stereocenters. The summed E-state index contributed by atoms with van der Waals surface area (Å²) in [5, 5.41) is 3.42. The largest absolute Gasteiger partial charge is 0.335 e. The summed E-state index contributed by atoms with van der Waals surface area (Å²) in [5.74, 6) is 0.432. The number of nitrogens with one attached hydrogen (secondary N) is 1. The van der Waals surface area contributed by atoms with Crippen LogP contribution in [0.2, 0.25) is 0 Å². The normalized spacial score (nSPS) is 29.5. The number of carbonyl (C=O) groups excluding carboxylic acids is 1. The van der Waals surface area contributed by atoms with Crippen LogP contribution in [-0.2, 0) is 4.79 Å². The maximum atomic E-state index is 13.0. The SMILES string of the molecule is O=C(C1CCCN1)N(C1CCCCC1)C1CCCCC1. The van der Waals surface area contributed by atoms with Gasteiger partial charge in [-0.05, 0) is 45.1 Å². The van der Waals surface area contributed by atoms with Crippen LogP contribution in [0.25, 0.3) is 0 Å². The van der Waals surface area contributed by atoms with Crippen LogP contribution in [0.15, 0.2) is 0 Å². The molecular formula is C17H30N2O. The van der Waals surface area contributed by atoms with E-state index >= 15 is 0 Å². The first-order valence-corrected chi connectivity index (χ1v) is 8.92. The van der Waals surface area contributed by atoms with Crippen LogP contribution in [0.4, 0.5) is 0 Å². The smallest absolute Gasteiger partial charge is 0.240 e. The van der Waals surface area contributed by atoms with Gasteiger partial charge in [0.15, 0.2) is 0 Å². The van der Waals surface area contributed by atoms with Crippen LogP contribution in [0.5, 0.6) is 0 Å². The molecule has 0 aromatic heterocycles. The van der Waals surface area contributed by atoms with E-state index in [2.05, 4.69) is 10.2 Å². The predicted molar refractivity (Wildman–Crippen MR) is 81.6 cm³/mol. The van der Waals surface area contributed by atoms with E-state index in [1.807, 2.05) is 0 Å². The molecule has 1 aliphatic heterocycles. The van der Waals surface area contributed by atoms with Gasteiger partial charge in [-0.15, -0.1) is 0 Å². The summed E-state index contributed by atoms with van der Waals surface area (Å²) in [4.78, 5) is 15.4. The molecule has 114 valence electrons. The van der Waals surface area contributed by atoms with Crippen LogP contribution in [0, 0.1) is 0 Å². The lowest BCUT2D eigenvalue weighted by atomic mass is 9.88. The molecule has 0 aromatic rings. The summed E-state index contributed by atoms with van der Waals surface area (Å²) in [5.41, 5.74) is 0. The van der Waals surface area contributed by atoms with E-state index in [1.165, 1.54) is 70.6 Å². The topological polar surface area (TPSA) is 32.3 Å². The quantitative estimate of drug-likeness (QED) is 0.859. The van der Waals surface area contributed by atoms with Gasteiger partial charge in [-0.2, -0.15) is 0 Å². The van der Waals surface area contributed by atoms with Crippen molar-refractivity contribution in [3.8, 4) is 0 Å². The summed E-state index contributed by atoms with van der Waals surface area (Å²) in [6.07, 6.45) is 15.2. The number of rotatable bonds is 3. The molecule has 0 spiro atoms. The fraction of sp³-hybridized carbons (Fsp3) is 0.941. The van der Waals surface area contributed by atoms with Crippen molar-refractivity contribution in [1.29, 1.82) is 0 Å². The molecule has 3 aliphatic rings. The lowest BCUT2D eigenvalue weighted by Crippen LogP contribution is -2.54. The highest BCUT2D eigenvalue weighted by Crippen LogP contribution is 2.31. The van der Waals surface area contributed by atoms with Crippen molar-refractivity contribution in [3.05, 3.63) is 0 Å². The van der Waals surface area contributed by atoms with E-state index < -0.39 is 0 Å². The average molecular weight is 278 g/mol. The molecule has 0 bridgehead atoms. The lowest BCUT2D eigenvalue weighted by molar-refractivity contribution is -0.140. The third-order valence-corrected chi connectivity index (χ3v) is 5.55. The van der Waals surface area contributed by atoms with Crippen molar-refractivity contribution < 1.29 is 4.79 Å². The molecule has 2 aliphatic carbocycles. The van der Waals surface area contributed by atoms with E-state index in [0.29, 0.717) is 18.0 Å². The average Bonchev–Trinajstić information content (AvgIpc) is 3.04. The molecule has 0 aromatic carbocycles. The van der Waals surface area contributed by atoms with Crippen molar-refractivity contribution in [2.24, 2.45) is 0 Å². The van der Waals surface area contributed by atoms with Gasteiger partial charge in [0.25, 0.3) is 0 Å². The maximum Gasteiger partial charge on any atom is 0.240 e. The Balaban J connectivity index is 1.72. The zero-order chi connectivity index (χ0) is 13.8. The molecule has 1 amide bonds. The molecule has 20 heavy (non-hydrogen) atoms. The molecule has 3 fully saturated rings. The van der Waals surface area contributed by atoms with Gasteiger partial charge >= 0.3 is 0 Å². The molecule has 2 saturated carbocycles. The van der Waals surface area contributed by atoms with Gasteiger partial charge in [0.2, 0.25) is 5.91 Å². The van der Waals surface area contributed by atoms with Gasteiger partial charge in [-0.1, -0.05) is 38.5 Å². The van der Waals surface area contributed by atoms with E-state index in [-0.39, 0.29) is 6.04 Å². The Morgan fingerprint density at radius 1 is 0.750 bits per heavy atom. The Bertz CT molecular complexity index is 295. The van der Waals surface area contributed by atoms with Crippen LogP contribution < -0.4 is 5.32 Å². The Kier molecular flexibility index (Phi) is 4.98. The first-order valence-electron chi connectivity index (χ1n) is 8.92. The van der Waals surface area contributed by atoms with E-state index in [1.54, 1.807) is 0 Å². The van der Waals surface area contributed by atoms with Crippen LogP contribution in [0.3, 0.4) is 0 Å². The molecular weight excluding hydrogens is 248 g/mol. The second-order valence-corrected chi connectivity index (χ2v) is 6.98. The van der Waals surface area contributed by atoms with Crippen LogP contribution >= 0.6 is 0 Å². The molecule has 1 heterocycles. The fourth-order valence-electron chi connectivity index (χ4n) is 4.45. The number of hydrogen-bond acceptors (Lipinski definition) is 2. The van der Waals surface area contributed by atoms with Crippen molar-refractivity contribution in [2.75, 3.05) is 6.54 Å². The molecule has 1 atom stereocenters. The highest BCUT2D eigenvalue weighted by atomic mass is 16.2. The molecule has 1 N–H and O–H groups in total. The molecule has 3 nitrogen and oxygen atoms in total. The first kappa shape index (κ1) is 14.4. The summed E-state index contributed by atoms with van der Waals surface area (Å²) < 4.78 is 0. The Morgan fingerprint density at radius 2 is 1.30 bits per heavy atom.